The van der Waals surface area contributed by atoms with Crippen molar-refractivity contribution in [2.24, 2.45) is 0 Å². The van der Waals surface area contributed by atoms with Gasteiger partial charge in [0.25, 0.3) is 0 Å². The first-order valence-electron chi connectivity index (χ1n) is 5.28. The van der Waals surface area contributed by atoms with E-state index in [1.54, 1.807) is 0 Å². The minimum Gasteiger partial charge on any atom is -0.547 e. The fraction of sp³-hybridized carbons (Fsp3) is 0.818. The van der Waals surface area contributed by atoms with Crippen LogP contribution in [0.5, 0.6) is 0 Å². The van der Waals surface area contributed by atoms with E-state index in [1.165, 1.54) is 24.2 Å². The molecule has 0 heterocycles. The Morgan fingerprint density at radius 1 is 1.15 bits per heavy atom. The van der Waals surface area contributed by atoms with Gasteiger partial charge in [0.2, 0.25) is 8.32 Å². The SMILES string of the molecule is CCCC(C)=C(CC)O[Si](C)(C)C. The average Bonchev–Trinajstić information content (AvgIpc) is 1.99. The van der Waals surface area contributed by atoms with E-state index >= 15 is 0 Å². The van der Waals surface area contributed by atoms with Crippen molar-refractivity contribution in [2.45, 2.75) is 59.7 Å². The van der Waals surface area contributed by atoms with Gasteiger partial charge in [-0.25, -0.2) is 0 Å². The minimum atomic E-state index is -1.39. The van der Waals surface area contributed by atoms with Crippen LogP contribution in [0.25, 0.3) is 0 Å². The second-order valence-electron chi connectivity index (χ2n) is 4.52. The first-order valence-corrected chi connectivity index (χ1v) is 8.69. The van der Waals surface area contributed by atoms with Crippen LogP contribution in [0.3, 0.4) is 0 Å². The van der Waals surface area contributed by atoms with Crippen molar-refractivity contribution in [1.82, 2.24) is 0 Å². The number of rotatable bonds is 5. The highest BCUT2D eigenvalue weighted by Gasteiger charge is 2.17. The molecule has 0 saturated carbocycles. The lowest BCUT2D eigenvalue weighted by molar-refractivity contribution is 0.395. The molecule has 0 radical (unpaired) electrons. The second-order valence-corrected chi connectivity index (χ2v) is 8.95. The first kappa shape index (κ1) is 12.8. The van der Waals surface area contributed by atoms with Crippen LogP contribution < -0.4 is 0 Å². The molecule has 78 valence electrons. The predicted molar refractivity (Wildman–Crippen MR) is 62.3 cm³/mol. The van der Waals surface area contributed by atoms with Gasteiger partial charge in [-0.1, -0.05) is 20.3 Å². The molecule has 0 N–H and O–H groups in total. The van der Waals surface area contributed by atoms with Gasteiger partial charge in [0.15, 0.2) is 0 Å². The Morgan fingerprint density at radius 3 is 2.00 bits per heavy atom. The van der Waals surface area contributed by atoms with Crippen LogP contribution in [-0.4, -0.2) is 8.32 Å². The molecule has 0 spiro atoms. The Kier molecular flexibility index (Phi) is 5.38. The maximum atomic E-state index is 6.02. The monoisotopic (exact) mass is 200 g/mol. The topological polar surface area (TPSA) is 9.23 Å². The second kappa shape index (κ2) is 5.48. The molecular formula is C11H24OSi. The number of hydrogen-bond acceptors (Lipinski definition) is 1. The molecule has 0 aromatic carbocycles. The number of hydrogen-bond donors (Lipinski definition) is 0. The molecule has 0 bridgehead atoms. The Hall–Kier alpha value is -0.243. The van der Waals surface area contributed by atoms with E-state index in [4.69, 9.17) is 4.43 Å². The molecule has 0 atom stereocenters. The summed E-state index contributed by atoms with van der Waals surface area (Å²) in [7, 11) is -1.39. The summed E-state index contributed by atoms with van der Waals surface area (Å²) in [4.78, 5) is 0. The van der Waals surface area contributed by atoms with Crippen LogP contribution >= 0.6 is 0 Å². The highest BCUT2D eigenvalue weighted by atomic mass is 28.4. The van der Waals surface area contributed by atoms with Crippen molar-refractivity contribution in [3.63, 3.8) is 0 Å². The fourth-order valence-corrected chi connectivity index (χ4v) is 2.40. The van der Waals surface area contributed by atoms with Crippen molar-refractivity contribution < 1.29 is 4.43 Å². The van der Waals surface area contributed by atoms with Crippen molar-refractivity contribution in [3.05, 3.63) is 11.3 Å². The third-order valence-electron chi connectivity index (χ3n) is 1.85. The van der Waals surface area contributed by atoms with Crippen LogP contribution in [0.15, 0.2) is 11.3 Å². The third-order valence-corrected chi connectivity index (χ3v) is 2.71. The molecular weight excluding hydrogens is 176 g/mol. The molecule has 0 amide bonds. The summed E-state index contributed by atoms with van der Waals surface area (Å²) in [5.41, 5.74) is 1.44. The Balaban J connectivity index is 4.40. The molecule has 0 rings (SSSR count). The van der Waals surface area contributed by atoms with E-state index < -0.39 is 8.32 Å². The van der Waals surface area contributed by atoms with E-state index in [-0.39, 0.29) is 0 Å². The number of allylic oxidation sites excluding steroid dienone is 2. The lowest BCUT2D eigenvalue weighted by Gasteiger charge is -2.23. The summed E-state index contributed by atoms with van der Waals surface area (Å²) >= 11 is 0. The van der Waals surface area contributed by atoms with E-state index in [2.05, 4.69) is 40.4 Å². The Labute approximate surface area is 84.3 Å². The summed E-state index contributed by atoms with van der Waals surface area (Å²) in [5, 5.41) is 0. The quantitative estimate of drug-likeness (QED) is 0.474. The molecule has 0 aromatic rings. The van der Waals surface area contributed by atoms with E-state index in [9.17, 15) is 0 Å². The van der Waals surface area contributed by atoms with Crippen LogP contribution in [-0.2, 0) is 4.43 Å². The largest absolute Gasteiger partial charge is 0.547 e. The maximum absolute atomic E-state index is 6.02. The smallest absolute Gasteiger partial charge is 0.241 e. The van der Waals surface area contributed by atoms with Crippen molar-refractivity contribution in [2.75, 3.05) is 0 Å². The van der Waals surface area contributed by atoms with Crippen molar-refractivity contribution in [1.29, 1.82) is 0 Å². The summed E-state index contributed by atoms with van der Waals surface area (Å²) in [5.74, 6) is 1.24. The lowest BCUT2D eigenvalue weighted by Crippen LogP contribution is -2.25. The van der Waals surface area contributed by atoms with Gasteiger partial charge in [0.05, 0.1) is 5.76 Å². The van der Waals surface area contributed by atoms with Crippen LogP contribution in [0.1, 0.15) is 40.0 Å². The highest BCUT2D eigenvalue weighted by molar-refractivity contribution is 6.70. The average molecular weight is 200 g/mol. The predicted octanol–water partition coefficient (Wildman–Crippen LogP) is 4.32. The normalized spacial score (nSPS) is 14.0. The highest BCUT2D eigenvalue weighted by Crippen LogP contribution is 2.19. The van der Waals surface area contributed by atoms with E-state index in [1.807, 2.05) is 0 Å². The molecule has 0 saturated heterocycles. The van der Waals surface area contributed by atoms with Gasteiger partial charge in [0.1, 0.15) is 0 Å². The molecule has 0 aromatic heterocycles. The van der Waals surface area contributed by atoms with E-state index in [0.717, 1.165) is 6.42 Å². The van der Waals surface area contributed by atoms with Gasteiger partial charge in [0, 0.05) is 6.42 Å². The van der Waals surface area contributed by atoms with Gasteiger partial charge >= 0.3 is 0 Å². The molecule has 0 aliphatic carbocycles. The van der Waals surface area contributed by atoms with Gasteiger partial charge in [-0.2, -0.15) is 0 Å². The van der Waals surface area contributed by atoms with E-state index in [0.29, 0.717) is 0 Å². The zero-order valence-electron chi connectivity index (χ0n) is 10.0. The fourth-order valence-electron chi connectivity index (χ4n) is 1.35. The molecule has 1 nitrogen and oxygen atoms in total. The minimum absolute atomic E-state index is 1.04. The first-order chi connectivity index (χ1) is 5.90. The van der Waals surface area contributed by atoms with Crippen molar-refractivity contribution in [3.8, 4) is 0 Å². The summed E-state index contributed by atoms with van der Waals surface area (Å²) in [6.07, 6.45) is 3.42. The Morgan fingerprint density at radius 2 is 1.69 bits per heavy atom. The maximum Gasteiger partial charge on any atom is 0.241 e. The summed E-state index contributed by atoms with van der Waals surface area (Å²) in [6.45, 7) is 13.3. The van der Waals surface area contributed by atoms with Crippen molar-refractivity contribution >= 4 is 8.32 Å². The van der Waals surface area contributed by atoms with Gasteiger partial charge < -0.3 is 4.43 Å². The van der Waals surface area contributed by atoms with Crippen LogP contribution in [0.2, 0.25) is 19.6 Å². The standard InChI is InChI=1S/C11H24OSi/c1-7-9-10(3)11(8-2)12-13(4,5)6/h7-9H2,1-6H3. The summed E-state index contributed by atoms with van der Waals surface area (Å²) in [6, 6.07) is 0. The van der Waals surface area contributed by atoms with Gasteiger partial charge in [-0.05, 0) is 38.6 Å². The third kappa shape index (κ3) is 5.91. The zero-order valence-corrected chi connectivity index (χ0v) is 11.0. The van der Waals surface area contributed by atoms with Gasteiger partial charge in [-0.15, -0.1) is 0 Å². The summed E-state index contributed by atoms with van der Waals surface area (Å²) < 4.78 is 6.02. The molecule has 0 unspecified atom stereocenters. The molecule has 0 fully saturated rings. The molecule has 0 aliphatic rings. The zero-order chi connectivity index (χ0) is 10.5. The van der Waals surface area contributed by atoms with Crippen LogP contribution in [0, 0.1) is 0 Å². The molecule has 13 heavy (non-hydrogen) atoms. The Bertz CT molecular complexity index is 177. The molecule has 0 aliphatic heterocycles. The molecule has 2 heteroatoms. The van der Waals surface area contributed by atoms with Crippen LogP contribution in [0.4, 0.5) is 0 Å². The van der Waals surface area contributed by atoms with Gasteiger partial charge in [-0.3, -0.25) is 0 Å². The lowest BCUT2D eigenvalue weighted by atomic mass is 10.1.